The largest absolute Gasteiger partial charge is 0.381 e. The van der Waals surface area contributed by atoms with E-state index in [1.807, 2.05) is 0 Å². The molecule has 2 rings (SSSR count). The van der Waals surface area contributed by atoms with Gasteiger partial charge in [-0.15, -0.1) is 0 Å². The second-order valence-corrected chi connectivity index (χ2v) is 4.77. The van der Waals surface area contributed by atoms with Gasteiger partial charge in [-0.2, -0.15) is 0 Å². The maximum atomic E-state index is 5.41. The van der Waals surface area contributed by atoms with Crippen LogP contribution >= 0.6 is 0 Å². The molecule has 3 nitrogen and oxygen atoms in total. The number of hydrogen-bond donors (Lipinski definition) is 1. The van der Waals surface area contributed by atoms with Crippen LogP contribution < -0.4 is 5.32 Å². The molecule has 14 heavy (non-hydrogen) atoms. The molecule has 3 atom stereocenters. The average molecular weight is 198 g/mol. The molecule has 0 aromatic carbocycles. The minimum Gasteiger partial charge on any atom is -0.381 e. The molecule has 0 spiro atoms. The van der Waals surface area contributed by atoms with Gasteiger partial charge in [-0.25, -0.2) is 0 Å². The monoisotopic (exact) mass is 198 g/mol. The van der Waals surface area contributed by atoms with Crippen molar-refractivity contribution in [1.82, 2.24) is 10.2 Å². The van der Waals surface area contributed by atoms with E-state index in [4.69, 9.17) is 4.74 Å². The highest BCUT2D eigenvalue weighted by Gasteiger charge is 2.28. The number of likely N-dealkylation sites (N-methyl/N-ethyl adjacent to an activating group) is 1. The predicted molar refractivity (Wildman–Crippen MR) is 57.4 cm³/mol. The maximum Gasteiger partial charge on any atom is 0.0507 e. The van der Waals surface area contributed by atoms with E-state index in [0.29, 0.717) is 6.04 Å². The Labute approximate surface area is 86.8 Å². The van der Waals surface area contributed by atoms with Crippen LogP contribution in [0.5, 0.6) is 0 Å². The zero-order valence-electron chi connectivity index (χ0n) is 9.33. The van der Waals surface area contributed by atoms with Gasteiger partial charge in [0.15, 0.2) is 0 Å². The minimum absolute atomic E-state index is 0.655. The molecule has 0 amide bonds. The molecule has 0 aromatic rings. The summed E-state index contributed by atoms with van der Waals surface area (Å²) in [5.74, 6) is 0.771. The lowest BCUT2D eigenvalue weighted by molar-refractivity contribution is 0.157. The highest BCUT2D eigenvalue weighted by atomic mass is 16.5. The third-order valence-electron chi connectivity index (χ3n) is 3.62. The van der Waals surface area contributed by atoms with Crippen molar-refractivity contribution in [3.63, 3.8) is 0 Å². The highest BCUT2D eigenvalue weighted by Crippen LogP contribution is 2.18. The topological polar surface area (TPSA) is 24.5 Å². The molecule has 1 N–H and O–H groups in total. The van der Waals surface area contributed by atoms with Crippen LogP contribution in [0.4, 0.5) is 0 Å². The molecule has 0 aromatic heterocycles. The molecule has 2 aliphatic heterocycles. The smallest absolute Gasteiger partial charge is 0.0507 e. The molecular formula is C11H22N2O. The fourth-order valence-corrected chi connectivity index (χ4v) is 2.72. The molecular weight excluding hydrogens is 176 g/mol. The van der Waals surface area contributed by atoms with Gasteiger partial charge >= 0.3 is 0 Å². The molecule has 2 saturated heterocycles. The second kappa shape index (κ2) is 4.60. The molecule has 82 valence electrons. The van der Waals surface area contributed by atoms with Gasteiger partial charge in [0.2, 0.25) is 0 Å². The number of nitrogens with zero attached hydrogens (tertiary/aromatic N) is 1. The Morgan fingerprint density at radius 1 is 1.43 bits per heavy atom. The summed E-state index contributed by atoms with van der Waals surface area (Å²) < 4.78 is 5.41. The first-order valence-electron chi connectivity index (χ1n) is 5.78. The number of nitrogens with one attached hydrogen (secondary N) is 1. The number of ether oxygens (including phenoxy) is 1. The third-order valence-corrected chi connectivity index (χ3v) is 3.62. The van der Waals surface area contributed by atoms with Gasteiger partial charge in [0.05, 0.1) is 6.61 Å². The van der Waals surface area contributed by atoms with Crippen molar-refractivity contribution in [3.8, 4) is 0 Å². The van der Waals surface area contributed by atoms with Crippen molar-refractivity contribution in [3.05, 3.63) is 0 Å². The van der Waals surface area contributed by atoms with Crippen LogP contribution in [0.15, 0.2) is 0 Å². The van der Waals surface area contributed by atoms with E-state index in [1.54, 1.807) is 0 Å². The summed E-state index contributed by atoms with van der Waals surface area (Å²) in [5.41, 5.74) is 0. The van der Waals surface area contributed by atoms with Crippen molar-refractivity contribution in [1.29, 1.82) is 0 Å². The van der Waals surface area contributed by atoms with E-state index in [0.717, 1.165) is 25.2 Å². The quantitative estimate of drug-likeness (QED) is 0.722. The van der Waals surface area contributed by atoms with Crippen LogP contribution in [-0.4, -0.2) is 50.3 Å². The summed E-state index contributed by atoms with van der Waals surface area (Å²) in [5, 5.41) is 3.50. The third kappa shape index (κ3) is 2.27. The van der Waals surface area contributed by atoms with Gasteiger partial charge in [0.1, 0.15) is 0 Å². The first-order chi connectivity index (χ1) is 6.77. The van der Waals surface area contributed by atoms with E-state index in [9.17, 15) is 0 Å². The standard InChI is InChI=1S/C11H22N2O/c1-9-11(3-5-12-9)13(2)7-10-4-6-14-8-10/h9-12H,3-8H2,1-2H3. The molecule has 3 unspecified atom stereocenters. The zero-order chi connectivity index (χ0) is 9.97. The molecule has 0 aliphatic carbocycles. The first kappa shape index (κ1) is 10.4. The Hall–Kier alpha value is -0.120. The summed E-state index contributed by atoms with van der Waals surface area (Å²) in [4.78, 5) is 2.52. The van der Waals surface area contributed by atoms with Crippen molar-refractivity contribution in [2.75, 3.05) is 33.4 Å². The van der Waals surface area contributed by atoms with Crippen LogP contribution in [-0.2, 0) is 4.74 Å². The van der Waals surface area contributed by atoms with Gasteiger partial charge in [-0.05, 0) is 39.3 Å². The summed E-state index contributed by atoms with van der Waals surface area (Å²) in [6.07, 6.45) is 2.55. The van der Waals surface area contributed by atoms with Crippen LogP contribution in [0.25, 0.3) is 0 Å². The van der Waals surface area contributed by atoms with Gasteiger partial charge < -0.3 is 15.0 Å². The van der Waals surface area contributed by atoms with Gasteiger partial charge in [-0.3, -0.25) is 0 Å². The molecule has 0 radical (unpaired) electrons. The van der Waals surface area contributed by atoms with Crippen molar-refractivity contribution in [2.24, 2.45) is 5.92 Å². The lowest BCUT2D eigenvalue weighted by Gasteiger charge is -2.29. The van der Waals surface area contributed by atoms with Crippen LogP contribution in [0.1, 0.15) is 19.8 Å². The van der Waals surface area contributed by atoms with E-state index >= 15 is 0 Å². The highest BCUT2D eigenvalue weighted by molar-refractivity contribution is 4.87. The van der Waals surface area contributed by atoms with Gasteiger partial charge in [0.25, 0.3) is 0 Å². The van der Waals surface area contributed by atoms with E-state index < -0.39 is 0 Å². The molecule has 2 fully saturated rings. The van der Waals surface area contributed by atoms with Crippen LogP contribution in [0.2, 0.25) is 0 Å². The number of hydrogen-bond acceptors (Lipinski definition) is 3. The Bertz CT molecular complexity index is 180. The van der Waals surface area contributed by atoms with E-state index in [-0.39, 0.29) is 0 Å². The SMILES string of the molecule is CC1NCCC1N(C)CC1CCOC1. The fraction of sp³-hybridized carbons (Fsp3) is 1.00. The molecule has 0 bridgehead atoms. The Balaban J connectivity index is 1.78. The predicted octanol–water partition coefficient (Wildman–Crippen LogP) is 0.705. The van der Waals surface area contributed by atoms with Crippen molar-refractivity contribution < 1.29 is 4.74 Å². The maximum absolute atomic E-state index is 5.41. The minimum atomic E-state index is 0.655. The lowest BCUT2D eigenvalue weighted by atomic mass is 10.1. The lowest BCUT2D eigenvalue weighted by Crippen LogP contribution is -2.42. The summed E-state index contributed by atoms with van der Waals surface area (Å²) in [6.45, 7) is 6.61. The molecule has 0 saturated carbocycles. The zero-order valence-corrected chi connectivity index (χ0v) is 9.33. The van der Waals surface area contributed by atoms with Crippen molar-refractivity contribution >= 4 is 0 Å². The Kier molecular flexibility index (Phi) is 3.42. The molecule has 2 heterocycles. The van der Waals surface area contributed by atoms with Crippen molar-refractivity contribution in [2.45, 2.75) is 31.8 Å². The number of rotatable bonds is 3. The van der Waals surface area contributed by atoms with Gasteiger partial charge in [-0.1, -0.05) is 0 Å². The van der Waals surface area contributed by atoms with Crippen LogP contribution in [0, 0.1) is 5.92 Å². The Morgan fingerprint density at radius 3 is 2.86 bits per heavy atom. The normalized spacial score (nSPS) is 38.4. The first-order valence-corrected chi connectivity index (χ1v) is 5.78. The van der Waals surface area contributed by atoms with E-state index in [2.05, 4.69) is 24.2 Å². The van der Waals surface area contributed by atoms with Gasteiger partial charge in [0, 0.05) is 25.2 Å². The fourth-order valence-electron chi connectivity index (χ4n) is 2.72. The second-order valence-electron chi connectivity index (χ2n) is 4.77. The molecule has 2 aliphatic rings. The molecule has 3 heteroatoms. The van der Waals surface area contributed by atoms with Crippen LogP contribution in [0.3, 0.4) is 0 Å². The Morgan fingerprint density at radius 2 is 2.29 bits per heavy atom. The summed E-state index contributed by atoms with van der Waals surface area (Å²) in [6, 6.07) is 1.39. The summed E-state index contributed by atoms with van der Waals surface area (Å²) >= 11 is 0. The summed E-state index contributed by atoms with van der Waals surface area (Å²) in [7, 11) is 2.26. The van der Waals surface area contributed by atoms with E-state index in [1.165, 1.54) is 25.9 Å². The average Bonchev–Trinajstić information content (AvgIpc) is 2.75.